The minimum Gasteiger partial charge on any atom is -0.493 e. The van der Waals surface area contributed by atoms with Gasteiger partial charge >= 0.3 is 0 Å². The van der Waals surface area contributed by atoms with Gasteiger partial charge in [-0.25, -0.2) is 0 Å². The first kappa shape index (κ1) is 17.5. The van der Waals surface area contributed by atoms with Crippen LogP contribution in [-0.4, -0.2) is 24.2 Å². The lowest BCUT2D eigenvalue weighted by Gasteiger charge is -2.16. The molecular formula is C17H27NO3. The fourth-order valence-corrected chi connectivity index (χ4v) is 2.10. The van der Waals surface area contributed by atoms with Crippen LogP contribution in [0.3, 0.4) is 0 Å². The second-order valence-corrected chi connectivity index (χ2v) is 5.35. The van der Waals surface area contributed by atoms with Crippen LogP contribution in [0.4, 0.5) is 0 Å². The summed E-state index contributed by atoms with van der Waals surface area (Å²) in [6.07, 6.45) is 2.12. The van der Waals surface area contributed by atoms with E-state index in [1.165, 1.54) is 6.92 Å². The molecule has 0 aromatic heterocycles. The molecule has 0 aliphatic rings. The van der Waals surface area contributed by atoms with Crippen LogP contribution in [0.15, 0.2) is 24.3 Å². The standard InChI is InChI=1S/C17H27NO3/c1-4-14(5-2)12-21-16-8-6-7-15(11-16)17(20)9-10-18-13(3)19/h6-8,11,14,17,20H,4-5,9-10,12H2,1-3H3,(H,18,19). The summed E-state index contributed by atoms with van der Waals surface area (Å²) in [5, 5.41) is 12.8. The molecule has 1 rings (SSSR count). The maximum absolute atomic E-state index is 10.8. The number of benzene rings is 1. The average Bonchev–Trinajstić information content (AvgIpc) is 2.48. The van der Waals surface area contributed by atoms with E-state index in [9.17, 15) is 9.90 Å². The fourth-order valence-electron chi connectivity index (χ4n) is 2.10. The average molecular weight is 293 g/mol. The topological polar surface area (TPSA) is 58.6 Å². The number of nitrogens with one attached hydrogen (secondary N) is 1. The molecule has 1 atom stereocenters. The molecule has 0 fully saturated rings. The molecule has 0 radical (unpaired) electrons. The zero-order valence-corrected chi connectivity index (χ0v) is 13.3. The van der Waals surface area contributed by atoms with Crippen molar-refractivity contribution >= 4 is 5.91 Å². The smallest absolute Gasteiger partial charge is 0.216 e. The van der Waals surface area contributed by atoms with Crippen LogP contribution >= 0.6 is 0 Å². The molecule has 1 amide bonds. The number of aliphatic hydroxyl groups excluding tert-OH is 1. The summed E-state index contributed by atoms with van der Waals surface area (Å²) in [4.78, 5) is 10.8. The van der Waals surface area contributed by atoms with Crippen LogP contribution in [0.2, 0.25) is 0 Å². The monoisotopic (exact) mass is 293 g/mol. The molecule has 1 unspecified atom stereocenters. The number of aliphatic hydroxyl groups is 1. The molecule has 0 heterocycles. The maximum atomic E-state index is 10.8. The second-order valence-electron chi connectivity index (χ2n) is 5.35. The summed E-state index contributed by atoms with van der Waals surface area (Å²) in [6.45, 7) is 6.98. The van der Waals surface area contributed by atoms with Crippen LogP contribution in [0.1, 0.15) is 51.7 Å². The summed E-state index contributed by atoms with van der Waals surface area (Å²) in [5.41, 5.74) is 0.822. The molecule has 1 aromatic carbocycles. The van der Waals surface area contributed by atoms with Gasteiger partial charge in [0.2, 0.25) is 5.91 Å². The van der Waals surface area contributed by atoms with Crippen molar-refractivity contribution in [3.8, 4) is 5.75 Å². The molecule has 1 aromatic rings. The van der Waals surface area contributed by atoms with Gasteiger partial charge in [-0.3, -0.25) is 4.79 Å². The van der Waals surface area contributed by atoms with Crippen molar-refractivity contribution in [3.63, 3.8) is 0 Å². The van der Waals surface area contributed by atoms with Crippen molar-refractivity contribution in [3.05, 3.63) is 29.8 Å². The molecule has 118 valence electrons. The van der Waals surface area contributed by atoms with Gasteiger partial charge in [0, 0.05) is 13.5 Å². The molecule has 2 N–H and O–H groups in total. The summed E-state index contributed by atoms with van der Waals surface area (Å²) in [6, 6.07) is 7.55. The summed E-state index contributed by atoms with van der Waals surface area (Å²) in [5.74, 6) is 1.28. The minimum atomic E-state index is -0.589. The summed E-state index contributed by atoms with van der Waals surface area (Å²) >= 11 is 0. The highest BCUT2D eigenvalue weighted by Crippen LogP contribution is 2.22. The van der Waals surface area contributed by atoms with Gasteiger partial charge in [0.25, 0.3) is 0 Å². The van der Waals surface area contributed by atoms with Gasteiger partial charge in [0.15, 0.2) is 0 Å². The van der Waals surface area contributed by atoms with E-state index < -0.39 is 6.10 Å². The number of hydrogen-bond donors (Lipinski definition) is 2. The first-order valence-electron chi connectivity index (χ1n) is 7.72. The van der Waals surface area contributed by atoms with Gasteiger partial charge in [0.1, 0.15) is 5.75 Å². The van der Waals surface area contributed by atoms with E-state index in [1.54, 1.807) is 0 Å². The lowest BCUT2D eigenvalue weighted by molar-refractivity contribution is -0.119. The zero-order chi connectivity index (χ0) is 15.7. The zero-order valence-electron chi connectivity index (χ0n) is 13.3. The first-order valence-corrected chi connectivity index (χ1v) is 7.72. The van der Waals surface area contributed by atoms with Gasteiger partial charge in [-0.15, -0.1) is 0 Å². The lowest BCUT2D eigenvalue weighted by Crippen LogP contribution is -2.22. The van der Waals surface area contributed by atoms with E-state index >= 15 is 0 Å². The van der Waals surface area contributed by atoms with E-state index in [1.807, 2.05) is 24.3 Å². The highest BCUT2D eigenvalue weighted by atomic mass is 16.5. The molecule has 0 spiro atoms. The Bertz CT molecular complexity index is 430. The third kappa shape index (κ3) is 6.63. The third-order valence-corrected chi connectivity index (χ3v) is 3.67. The van der Waals surface area contributed by atoms with Crippen molar-refractivity contribution in [2.75, 3.05) is 13.2 Å². The Hall–Kier alpha value is -1.55. The van der Waals surface area contributed by atoms with Gasteiger partial charge < -0.3 is 15.2 Å². The quantitative estimate of drug-likeness (QED) is 0.735. The van der Waals surface area contributed by atoms with Crippen molar-refractivity contribution in [1.82, 2.24) is 5.32 Å². The number of hydrogen-bond acceptors (Lipinski definition) is 3. The van der Waals surface area contributed by atoms with E-state index in [2.05, 4.69) is 19.2 Å². The Morgan fingerprint density at radius 1 is 1.33 bits per heavy atom. The van der Waals surface area contributed by atoms with Crippen LogP contribution < -0.4 is 10.1 Å². The number of rotatable bonds is 9. The predicted molar refractivity (Wildman–Crippen MR) is 84.3 cm³/mol. The number of carbonyl (C=O) groups excluding carboxylic acids is 1. The lowest BCUT2D eigenvalue weighted by atomic mass is 10.0. The van der Waals surface area contributed by atoms with E-state index in [-0.39, 0.29) is 5.91 Å². The van der Waals surface area contributed by atoms with Crippen LogP contribution in [0.25, 0.3) is 0 Å². The van der Waals surface area contributed by atoms with Gasteiger partial charge in [0.05, 0.1) is 12.7 Å². The molecule has 0 saturated heterocycles. The fraction of sp³-hybridized carbons (Fsp3) is 0.588. The summed E-state index contributed by atoms with van der Waals surface area (Å²) < 4.78 is 5.80. The van der Waals surface area contributed by atoms with Crippen molar-refractivity contribution in [1.29, 1.82) is 0 Å². The molecule has 21 heavy (non-hydrogen) atoms. The molecule has 4 nitrogen and oxygen atoms in total. The Labute approximate surface area is 127 Å². The van der Waals surface area contributed by atoms with Crippen molar-refractivity contribution < 1.29 is 14.6 Å². The minimum absolute atomic E-state index is 0.0792. The van der Waals surface area contributed by atoms with Crippen LogP contribution in [0.5, 0.6) is 5.75 Å². The number of amides is 1. The number of carbonyl (C=O) groups is 1. The molecular weight excluding hydrogens is 266 g/mol. The Balaban J connectivity index is 2.52. The highest BCUT2D eigenvalue weighted by Gasteiger charge is 2.10. The SMILES string of the molecule is CCC(CC)COc1cccc(C(O)CCNC(C)=O)c1. The van der Waals surface area contributed by atoms with Gasteiger partial charge in [-0.1, -0.05) is 38.8 Å². The molecule has 4 heteroatoms. The molecule has 0 saturated carbocycles. The third-order valence-electron chi connectivity index (χ3n) is 3.67. The summed E-state index contributed by atoms with van der Waals surface area (Å²) in [7, 11) is 0. The Morgan fingerprint density at radius 3 is 2.67 bits per heavy atom. The largest absolute Gasteiger partial charge is 0.493 e. The number of ether oxygens (including phenoxy) is 1. The van der Waals surface area contributed by atoms with E-state index in [0.717, 1.165) is 24.2 Å². The van der Waals surface area contributed by atoms with E-state index in [4.69, 9.17) is 4.74 Å². The van der Waals surface area contributed by atoms with Crippen molar-refractivity contribution in [2.45, 2.75) is 46.1 Å². The molecule has 0 aliphatic carbocycles. The highest BCUT2D eigenvalue weighted by molar-refractivity contribution is 5.72. The first-order chi connectivity index (χ1) is 10.1. The van der Waals surface area contributed by atoms with E-state index in [0.29, 0.717) is 25.5 Å². The van der Waals surface area contributed by atoms with Crippen LogP contribution in [-0.2, 0) is 4.79 Å². The van der Waals surface area contributed by atoms with Crippen LogP contribution in [0, 0.1) is 5.92 Å². The van der Waals surface area contributed by atoms with Gasteiger partial charge in [-0.05, 0) is 30.0 Å². The molecule has 0 aliphatic heterocycles. The normalized spacial score (nSPS) is 12.2. The second kappa shape index (κ2) is 9.40. The van der Waals surface area contributed by atoms with Crippen molar-refractivity contribution in [2.24, 2.45) is 5.92 Å². The Morgan fingerprint density at radius 2 is 2.05 bits per heavy atom. The van der Waals surface area contributed by atoms with Gasteiger partial charge in [-0.2, -0.15) is 0 Å². The molecule has 0 bridgehead atoms. The Kier molecular flexibility index (Phi) is 7.83. The maximum Gasteiger partial charge on any atom is 0.216 e. The predicted octanol–water partition coefficient (Wildman–Crippen LogP) is 3.06.